The molecule has 0 spiro atoms. The maximum Gasteiger partial charge on any atom is 0.221 e. The second-order valence-electron chi connectivity index (χ2n) is 13.5. The lowest BCUT2D eigenvalue weighted by Gasteiger charge is -2.32. The third-order valence-electron chi connectivity index (χ3n) is 8.93. The maximum atomic E-state index is 10.7. The van der Waals surface area contributed by atoms with Crippen LogP contribution in [-0.2, 0) is 23.1 Å². The fraction of sp³-hybridized carbons (Fsp3) is 0.512. The number of methoxy groups -OCH3 is 4. The molecule has 0 saturated heterocycles. The number of aliphatic hydroxyl groups excluding tert-OH is 1. The summed E-state index contributed by atoms with van der Waals surface area (Å²) < 4.78 is 27.0. The molecule has 286 valence electrons. The summed E-state index contributed by atoms with van der Waals surface area (Å²) in [5, 5.41) is 23.1. The Bertz CT molecular complexity index is 1540. The summed E-state index contributed by atoms with van der Waals surface area (Å²) in [7, 11) is 8.67. The molecule has 0 aliphatic carbocycles. The van der Waals surface area contributed by atoms with Gasteiger partial charge in [-0.2, -0.15) is 5.26 Å². The van der Waals surface area contributed by atoms with Crippen molar-refractivity contribution in [2.24, 2.45) is 11.7 Å². The summed E-state index contributed by atoms with van der Waals surface area (Å²) in [5.41, 5.74) is 7.56. The smallest absolute Gasteiger partial charge is 0.221 e. The summed E-state index contributed by atoms with van der Waals surface area (Å²) in [5.74, 6) is 3.29. The van der Waals surface area contributed by atoms with Gasteiger partial charge < -0.3 is 44.7 Å². The lowest BCUT2D eigenvalue weighted by molar-refractivity contribution is -0.117. The number of benzene rings is 3. The molecule has 3 aromatic carbocycles. The van der Waals surface area contributed by atoms with Crippen LogP contribution in [0.25, 0.3) is 0 Å². The molecular formula is C41H60N4O7. The average Bonchev–Trinajstić information content (AvgIpc) is 3.14. The number of nitrogens with one attached hydrogen (secondary N) is 1. The molecule has 52 heavy (non-hydrogen) atoms. The van der Waals surface area contributed by atoms with Crippen molar-refractivity contribution < 1.29 is 33.6 Å². The molecule has 0 bridgehead atoms. The predicted molar refractivity (Wildman–Crippen MR) is 206 cm³/mol. The third kappa shape index (κ3) is 13.9. The highest BCUT2D eigenvalue weighted by Crippen LogP contribution is 2.40. The largest absolute Gasteiger partial charge is 0.493 e. The van der Waals surface area contributed by atoms with Crippen LogP contribution in [0.2, 0.25) is 0 Å². The van der Waals surface area contributed by atoms with Gasteiger partial charge in [-0.05, 0) is 91.9 Å². The van der Waals surface area contributed by atoms with Crippen molar-refractivity contribution in [3.8, 4) is 34.8 Å². The number of aliphatic hydroxyl groups is 1. The van der Waals surface area contributed by atoms with Gasteiger partial charge in [0, 0.05) is 19.1 Å². The van der Waals surface area contributed by atoms with Crippen LogP contribution in [0, 0.1) is 17.2 Å². The van der Waals surface area contributed by atoms with Crippen LogP contribution in [0.5, 0.6) is 28.7 Å². The average molecular weight is 721 g/mol. The van der Waals surface area contributed by atoms with Crippen molar-refractivity contribution >= 4 is 5.91 Å². The molecule has 4 N–H and O–H groups in total. The first kappa shape index (κ1) is 43.7. The Labute approximate surface area is 311 Å². The minimum Gasteiger partial charge on any atom is -0.493 e. The summed E-state index contributed by atoms with van der Waals surface area (Å²) in [6.45, 7) is 10.8. The molecule has 3 rings (SSSR count). The molecule has 2 unspecified atom stereocenters. The number of ether oxygens (including phenoxy) is 5. The molecule has 0 aliphatic heterocycles. The quantitative estimate of drug-likeness (QED) is 0.128. The van der Waals surface area contributed by atoms with Crippen molar-refractivity contribution in [2.45, 2.75) is 70.9 Å². The van der Waals surface area contributed by atoms with Gasteiger partial charge in [-0.15, -0.1) is 0 Å². The number of nitrogens with zero attached hydrogens (tertiary/aromatic N) is 2. The third-order valence-corrected chi connectivity index (χ3v) is 8.93. The number of hydrogen-bond donors (Lipinski definition) is 3. The molecule has 0 heterocycles. The van der Waals surface area contributed by atoms with E-state index in [1.807, 2.05) is 44.2 Å². The lowest BCUT2D eigenvalue weighted by atomic mass is 9.69. The Balaban J connectivity index is 0.000000418. The Morgan fingerprint density at radius 2 is 1.44 bits per heavy atom. The number of carbonyl (C=O) groups excluding carboxylic acids is 1. The van der Waals surface area contributed by atoms with Crippen LogP contribution in [0.4, 0.5) is 0 Å². The minimum absolute atomic E-state index is 0.165. The van der Waals surface area contributed by atoms with Gasteiger partial charge in [0.15, 0.2) is 23.0 Å². The van der Waals surface area contributed by atoms with Gasteiger partial charge in [0.25, 0.3) is 0 Å². The van der Waals surface area contributed by atoms with E-state index < -0.39 is 11.5 Å². The lowest BCUT2D eigenvalue weighted by Crippen LogP contribution is -2.35. The van der Waals surface area contributed by atoms with Gasteiger partial charge in [-0.25, -0.2) is 0 Å². The molecular weight excluding hydrogens is 660 g/mol. The highest BCUT2D eigenvalue weighted by molar-refractivity contribution is 5.76. The van der Waals surface area contributed by atoms with Gasteiger partial charge in [0.1, 0.15) is 18.5 Å². The normalized spacial score (nSPS) is 12.7. The number of hydrogen-bond acceptors (Lipinski definition) is 10. The van der Waals surface area contributed by atoms with Crippen molar-refractivity contribution in [3.63, 3.8) is 0 Å². The first-order valence-electron chi connectivity index (χ1n) is 17.8. The van der Waals surface area contributed by atoms with Crippen molar-refractivity contribution in [3.05, 3.63) is 77.4 Å². The van der Waals surface area contributed by atoms with E-state index in [0.29, 0.717) is 29.8 Å². The number of carbonyl (C=O) groups is 1. The number of nitriles is 1. The van der Waals surface area contributed by atoms with Gasteiger partial charge in [-0.3, -0.25) is 4.79 Å². The fourth-order valence-electron chi connectivity index (χ4n) is 5.75. The second kappa shape index (κ2) is 22.4. The fourth-order valence-corrected chi connectivity index (χ4v) is 5.75. The molecule has 0 fully saturated rings. The Kier molecular flexibility index (Phi) is 18.8. The monoisotopic (exact) mass is 720 g/mol. The predicted octanol–water partition coefficient (Wildman–Crippen LogP) is 5.55. The summed E-state index contributed by atoms with van der Waals surface area (Å²) >= 11 is 0. The Morgan fingerprint density at radius 1 is 0.865 bits per heavy atom. The first-order valence-corrected chi connectivity index (χ1v) is 17.8. The molecule has 1 amide bonds. The number of likely N-dealkylation sites (N-methyl/N-ethyl adjacent to an activating group) is 1. The van der Waals surface area contributed by atoms with Gasteiger partial charge in [0.2, 0.25) is 5.91 Å². The Morgan fingerprint density at radius 3 is 1.98 bits per heavy atom. The molecule has 3 aromatic rings. The zero-order chi connectivity index (χ0) is 38.7. The van der Waals surface area contributed by atoms with Crippen LogP contribution in [0.1, 0.15) is 57.2 Å². The molecule has 11 heteroatoms. The number of nitrogens with two attached hydrogens (primary N) is 1. The van der Waals surface area contributed by atoms with E-state index >= 15 is 0 Å². The molecule has 11 nitrogen and oxygen atoms in total. The molecule has 0 aliphatic rings. The first-order chi connectivity index (χ1) is 24.8. The standard InChI is InChI=1S/C27H38N2O4.C14H22N2O3/c1-20(2)27(19-28,22-10-12-24(31-5)26(18-22)33-7)14-8-15-29(3)16-13-21-9-11-23(30-4)25(17-21)32-6;1-10(2)16-8-12(17)9-19-13-5-3-11(4-6-13)7-14(15)18/h9-12,17-18,20H,8,13-16H2,1-7H3;3-6,10,12,16-17H,7-9H2,1-2H3,(H2,15,18). The van der Waals surface area contributed by atoms with Crippen LogP contribution in [0.3, 0.4) is 0 Å². The Hall–Kier alpha value is -4.50. The summed E-state index contributed by atoms with van der Waals surface area (Å²) in [6.07, 6.45) is 2.29. The van der Waals surface area contributed by atoms with Crippen molar-refractivity contribution in [1.29, 1.82) is 5.26 Å². The van der Waals surface area contributed by atoms with E-state index in [9.17, 15) is 15.2 Å². The maximum absolute atomic E-state index is 10.7. The van der Waals surface area contributed by atoms with Crippen LogP contribution in [-0.4, -0.2) is 89.8 Å². The van der Waals surface area contributed by atoms with Crippen LogP contribution in [0.15, 0.2) is 60.7 Å². The van der Waals surface area contributed by atoms with Crippen molar-refractivity contribution in [1.82, 2.24) is 10.2 Å². The zero-order valence-corrected chi connectivity index (χ0v) is 32.5. The zero-order valence-electron chi connectivity index (χ0n) is 32.5. The SMILES string of the molecule is CC(C)NCC(O)COc1ccc(CC(N)=O)cc1.COc1ccc(CCN(C)CCCC(C#N)(c2ccc(OC)c(OC)c2)C(C)C)cc1OC. The molecule has 0 aromatic heterocycles. The highest BCUT2D eigenvalue weighted by Gasteiger charge is 2.36. The van der Waals surface area contributed by atoms with Crippen molar-refractivity contribution in [2.75, 3.05) is 61.7 Å². The summed E-state index contributed by atoms with van der Waals surface area (Å²) in [6, 6.07) is 22.0. The van der Waals surface area contributed by atoms with Gasteiger partial charge in [-0.1, -0.05) is 52.0 Å². The molecule has 0 radical (unpaired) electrons. The van der Waals surface area contributed by atoms with Gasteiger partial charge >= 0.3 is 0 Å². The number of rotatable bonds is 21. The van der Waals surface area contributed by atoms with E-state index in [-0.39, 0.29) is 24.9 Å². The van der Waals surface area contributed by atoms with E-state index in [1.54, 1.807) is 52.7 Å². The van der Waals surface area contributed by atoms with E-state index in [1.165, 1.54) is 5.56 Å². The van der Waals surface area contributed by atoms with E-state index in [0.717, 1.165) is 55.0 Å². The van der Waals surface area contributed by atoms with Gasteiger partial charge in [0.05, 0.1) is 46.3 Å². The second-order valence-corrected chi connectivity index (χ2v) is 13.5. The minimum atomic E-state index is -0.580. The van der Waals surface area contributed by atoms with Crippen LogP contribution >= 0.6 is 0 Å². The topological polar surface area (TPSA) is 149 Å². The highest BCUT2D eigenvalue weighted by atomic mass is 16.5. The van der Waals surface area contributed by atoms with E-state index in [2.05, 4.69) is 43.2 Å². The number of amides is 1. The summed E-state index contributed by atoms with van der Waals surface area (Å²) in [4.78, 5) is 13.1. The number of primary amides is 1. The van der Waals surface area contributed by atoms with Crippen LogP contribution < -0.4 is 34.7 Å². The van der Waals surface area contributed by atoms with E-state index in [4.69, 9.17) is 29.4 Å². The molecule has 2 atom stereocenters. The molecule has 0 saturated carbocycles.